The third-order valence-electron chi connectivity index (χ3n) is 2.77. The van der Waals surface area contributed by atoms with Crippen LogP contribution in [0.3, 0.4) is 0 Å². The molecular formula is C14H10FNO5. The highest BCUT2D eigenvalue weighted by molar-refractivity contribution is 5.89. The van der Waals surface area contributed by atoms with Gasteiger partial charge in [0.05, 0.1) is 10.5 Å². The molecule has 21 heavy (non-hydrogen) atoms. The van der Waals surface area contributed by atoms with Gasteiger partial charge in [0.25, 0.3) is 0 Å². The molecule has 0 aliphatic rings. The summed E-state index contributed by atoms with van der Waals surface area (Å²) in [6, 6.07) is 6.95. The van der Waals surface area contributed by atoms with E-state index in [-0.39, 0.29) is 22.7 Å². The smallest absolute Gasteiger partial charge is 0.335 e. The van der Waals surface area contributed by atoms with Crippen LogP contribution in [0.25, 0.3) is 0 Å². The molecule has 0 heterocycles. The summed E-state index contributed by atoms with van der Waals surface area (Å²) in [6.45, 7) is 1.57. The van der Waals surface area contributed by atoms with Crippen LogP contribution in [0.15, 0.2) is 36.4 Å². The lowest BCUT2D eigenvalue weighted by molar-refractivity contribution is -0.385. The van der Waals surface area contributed by atoms with E-state index < -0.39 is 16.7 Å². The number of benzene rings is 2. The lowest BCUT2D eigenvalue weighted by Crippen LogP contribution is -2.00. The maximum Gasteiger partial charge on any atom is 0.335 e. The number of carbonyl (C=O) groups is 1. The molecule has 6 nitrogen and oxygen atoms in total. The Labute approximate surface area is 118 Å². The van der Waals surface area contributed by atoms with Crippen LogP contribution in [-0.4, -0.2) is 16.0 Å². The standard InChI is InChI=1S/C14H10FNO5/c1-8-6-10(3-4-11(8)14(17)18)21-13-7-9(15)2-5-12(13)16(19)20/h2-7H,1H3,(H,17,18). The molecule has 108 valence electrons. The molecule has 2 rings (SSSR count). The van der Waals surface area contributed by atoms with Crippen LogP contribution < -0.4 is 4.74 Å². The highest BCUT2D eigenvalue weighted by Crippen LogP contribution is 2.32. The largest absolute Gasteiger partial charge is 0.478 e. The summed E-state index contributed by atoms with van der Waals surface area (Å²) in [5, 5.41) is 19.8. The van der Waals surface area contributed by atoms with Crippen molar-refractivity contribution in [2.45, 2.75) is 6.92 Å². The average Bonchev–Trinajstić information content (AvgIpc) is 2.37. The van der Waals surface area contributed by atoms with Crippen molar-refractivity contribution in [1.82, 2.24) is 0 Å². The van der Waals surface area contributed by atoms with Gasteiger partial charge in [0.2, 0.25) is 5.75 Å². The number of rotatable bonds is 4. The first-order valence-corrected chi connectivity index (χ1v) is 5.84. The lowest BCUT2D eigenvalue weighted by Gasteiger charge is -2.08. The number of ether oxygens (including phenoxy) is 1. The van der Waals surface area contributed by atoms with Crippen molar-refractivity contribution in [3.63, 3.8) is 0 Å². The summed E-state index contributed by atoms with van der Waals surface area (Å²) >= 11 is 0. The summed E-state index contributed by atoms with van der Waals surface area (Å²) in [6.07, 6.45) is 0. The first-order chi connectivity index (χ1) is 9.88. The number of aromatic carboxylic acids is 1. The molecule has 0 saturated heterocycles. The zero-order chi connectivity index (χ0) is 15.6. The van der Waals surface area contributed by atoms with Crippen molar-refractivity contribution < 1.29 is 24.0 Å². The molecule has 0 amide bonds. The Hall–Kier alpha value is -2.96. The Morgan fingerprint density at radius 3 is 2.57 bits per heavy atom. The Morgan fingerprint density at radius 1 is 1.29 bits per heavy atom. The van der Waals surface area contributed by atoms with Gasteiger partial charge in [-0.25, -0.2) is 9.18 Å². The Bertz CT molecular complexity index is 729. The third kappa shape index (κ3) is 3.14. The van der Waals surface area contributed by atoms with Crippen molar-refractivity contribution in [3.8, 4) is 11.5 Å². The molecule has 0 atom stereocenters. The van der Waals surface area contributed by atoms with E-state index in [0.717, 1.165) is 18.2 Å². The molecule has 0 aliphatic carbocycles. The topological polar surface area (TPSA) is 89.7 Å². The number of nitro groups is 1. The summed E-state index contributed by atoms with van der Waals surface area (Å²) in [5.74, 6) is -1.82. The Balaban J connectivity index is 2.38. The fourth-order valence-corrected chi connectivity index (χ4v) is 1.79. The average molecular weight is 291 g/mol. The number of hydrogen-bond donors (Lipinski definition) is 1. The second-order valence-corrected chi connectivity index (χ2v) is 4.25. The van der Waals surface area contributed by atoms with E-state index >= 15 is 0 Å². The maximum absolute atomic E-state index is 13.2. The molecule has 0 unspecified atom stereocenters. The molecule has 1 N–H and O–H groups in total. The Kier molecular flexibility index (Phi) is 3.84. The van der Waals surface area contributed by atoms with Crippen LogP contribution in [0.5, 0.6) is 11.5 Å². The number of aryl methyl sites for hydroxylation is 1. The summed E-state index contributed by atoms with van der Waals surface area (Å²) in [7, 11) is 0. The molecule has 0 bridgehead atoms. The van der Waals surface area contributed by atoms with Crippen LogP contribution in [0.1, 0.15) is 15.9 Å². The highest BCUT2D eigenvalue weighted by Gasteiger charge is 2.17. The number of hydrogen-bond acceptors (Lipinski definition) is 4. The van der Waals surface area contributed by atoms with Gasteiger partial charge in [-0.2, -0.15) is 0 Å². The fraction of sp³-hybridized carbons (Fsp3) is 0.0714. The van der Waals surface area contributed by atoms with Crippen LogP contribution >= 0.6 is 0 Å². The normalized spacial score (nSPS) is 10.2. The van der Waals surface area contributed by atoms with Crippen molar-refractivity contribution in [1.29, 1.82) is 0 Å². The predicted octanol–water partition coefficient (Wildman–Crippen LogP) is 3.53. The van der Waals surface area contributed by atoms with E-state index in [1.54, 1.807) is 6.92 Å². The number of nitro benzene ring substituents is 1. The van der Waals surface area contributed by atoms with Gasteiger partial charge in [0, 0.05) is 12.1 Å². The predicted molar refractivity (Wildman–Crippen MR) is 71.3 cm³/mol. The van der Waals surface area contributed by atoms with E-state index in [0.29, 0.717) is 5.56 Å². The summed E-state index contributed by atoms with van der Waals surface area (Å²) in [4.78, 5) is 21.1. The van der Waals surface area contributed by atoms with E-state index in [1.165, 1.54) is 18.2 Å². The highest BCUT2D eigenvalue weighted by atomic mass is 19.1. The SMILES string of the molecule is Cc1cc(Oc2cc(F)ccc2[N+](=O)[O-])ccc1C(=O)O. The second-order valence-electron chi connectivity index (χ2n) is 4.25. The van der Waals surface area contributed by atoms with Crippen LogP contribution in [0.4, 0.5) is 10.1 Å². The van der Waals surface area contributed by atoms with Gasteiger partial charge in [-0.05, 0) is 36.8 Å². The van der Waals surface area contributed by atoms with Crippen molar-refractivity contribution in [2.75, 3.05) is 0 Å². The molecular weight excluding hydrogens is 281 g/mol. The molecule has 2 aromatic carbocycles. The second kappa shape index (κ2) is 5.58. The maximum atomic E-state index is 13.2. The van der Waals surface area contributed by atoms with Crippen molar-refractivity contribution in [3.05, 3.63) is 63.5 Å². The van der Waals surface area contributed by atoms with E-state index in [4.69, 9.17) is 9.84 Å². The van der Waals surface area contributed by atoms with Gasteiger partial charge in [-0.1, -0.05) is 0 Å². The lowest BCUT2D eigenvalue weighted by atomic mass is 10.1. The van der Waals surface area contributed by atoms with Gasteiger partial charge in [0.15, 0.2) is 0 Å². The molecule has 0 aliphatic heterocycles. The first kappa shape index (κ1) is 14.4. The Morgan fingerprint density at radius 2 is 2.00 bits per heavy atom. The third-order valence-corrected chi connectivity index (χ3v) is 2.77. The van der Waals surface area contributed by atoms with E-state index in [1.807, 2.05) is 0 Å². The summed E-state index contributed by atoms with van der Waals surface area (Å²) < 4.78 is 18.5. The quantitative estimate of drug-likeness (QED) is 0.687. The zero-order valence-corrected chi connectivity index (χ0v) is 10.9. The minimum Gasteiger partial charge on any atom is -0.478 e. The van der Waals surface area contributed by atoms with Gasteiger partial charge in [-0.15, -0.1) is 0 Å². The fourth-order valence-electron chi connectivity index (χ4n) is 1.79. The molecule has 7 heteroatoms. The van der Waals surface area contributed by atoms with Gasteiger partial charge >= 0.3 is 11.7 Å². The molecule has 0 radical (unpaired) electrons. The van der Waals surface area contributed by atoms with Gasteiger partial charge in [-0.3, -0.25) is 10.1 Å². The minimum absolute atomic E-state index is 0.0936. The number of halogens is 1. The van der Waals surface area contributed by atoms with Crippen LogP contribution in [0.2, 0.25) is 0 Å². The van der Waals surface area contributed by atoms with Crippen molar-refractivity contribution >= 4 is 11.7 Å². The van der Waals surface area contributed by atoms with Crippen LogP contribution in [0, 0.1) is 22.9 Å². The molecule has 0 fully saturated rings. The number of carboxylic acid groups (broad SMARTS) is 1. The first-order valence-electron chi connectivity index (χ1n) is 5.84. The molecule has 2 aromatic rings. The zero-order valence-electron chi connectivity index (χ0n) is 10.9. The van der Waals surface area contributed by atoms with E-state index in [9.17, 15) is 19.3 Å². The molecule has 0 aromatic heterocycles. The monoisotopic (exact) mass is 291 g/mol. The van der Waals surface area contributed by atoms with Crippen LogP contribution in [-0.2, 0) is 0 Å². The molecule has 0 spiro atoms. The summed E-state index contributed by atoms with van der Waals surface area (Å²) in [5.41, 5.74) is 0.145. The number of nitrogens with zero attached hydrogens (tertiary/aromatic N) is 1. The van der Waals surface area contributed by atoms with Gasteiger partial charge < -0.3 is 9.84 Å². The minimum atomic E-state index is -1.09. The number of carboxylic acids is 1. The van der Waals surface area contributed by atoms with Crippen molar-refractivity contribution in [2.24, 2.45) is 0 Å². The molecule has 0 saturated carbocycles. The van der Waals surface area contributed by atoms with E-state index in [2.05, 4.69) is 0 Å². The van der Waals surface area contributed by atoms with Gasteiger partial charge in [0.1, 0.15) is 11.6 Å².